The Morgan fingerprint density at radius 1 is 1.05 bits per heavy atom. The molecule has 0 unspecified atom stereocenters. The Hall–Kier alpha value is -3.17. The number of rotatable bonds is 13. The number of amides is 1. The fraction of sp³-hybridized carbons (Fsp3) is 0.379. The van der Waals surface area contributed by atoms with Gasteiger partial charge in [-0.2, -0.15) is 0 Å². The molecule has 200 valence electrons. The first kappa shape index (κ1) is 27.9. The number of unbranched alkanes of at least 4 members (excludes halogenated alkanes) is 5. The minimum atomic E-state index is -0.218. The number of methoxy groups -OCH3 is 1. The standard InChI is InChI=1S/C29H34N4O3S2/c1-3-4-5-6-7-9-17-30-26-23(27(34)32-18-10-8-11-25(32)31-26)20-24-28(35)33(29(37)38-24)19-16-21-12-14-22(36-2)15-13-21/h8,10-15,18,20,30H,3-7,9,16-17,19H2,1-2H3/b24-20+. The van der Waals surface area contributed by atoms with E-state index in [9.17, 15) is 9.59 Å². The SMILES string of the molecule is CCCCCCCCNc1nc2ccccn2c(=O)c1/C=C1/SC(=S)N(CCc2ccc(OC)cc2)C1=O. The minimum absolute atomic E-state index is 0.187. The summed E-state index contributed by atoms with van der Waals surface area (Å²) in [7, 11) is 1.63. The van der Waals surface area contributed by atoms with Crippen LogP contribution in [-0.2, 0) is 11.2 Å². The monoisotopic (exact) mass is 550 g/mol. The van der Waals surface area contributed by atoms with Crippen molar-refractivity contribution in [3.63, 3.8) is 0 Å². The summed E-state index contributed by atoms with van der Waals surface area (Å²) in [5.74, 6) is 1.10. The lowest BCUT2D eigenvalue weighted by Crippen LogP contribution is -2.30. The molecule has 1 aliphatic heterocycles. The second-order valence-electron chi connectivity index (χ2n) is 9.23. The summed E-state index contributed by atoms with van der Waals surface area (Å²) in [6.45, 7) is 3.39. The minimum Gasteiger partial charge on any atom is -0.497 e. The number of carbonyl (C=O) groups is 1. The van der Waals surface area contributed by atoms with E-state index in [1.165, 1.54) is 41.8 Å². The normalized spacial score (nSPS) is 14.6. The molecule has 2 aromatic heterocycles. The molecule has 3 aromatic rings. The van der Waals surface area contributed by atoms with Crippen LogP contribution in [0.1, 0.15) is 56.6 Å². The number of aromatic nitrogens is 2. The maximum Gasteiger partial charge on any atom is 0.267 e. The third-order valence-corrected chi connectivity index (χ3v) is 7.90. The van der Waals surface area contributed by atoms with Gasteiger partial charge in [0.2, 0.25) is 0 Å². The van der Waals surface area contributed by atoms with Crippen LogP contribution in [0.5, 0.6) is 5.75 Å². The predicted octanol–water partition coefficient (Wildman–Crippen LogP) is 5.92. The molecule has 1 aliphatic rings. The third kappa shape index (κ3) is 6.82. The Labute approximate surface area is 233 Å². The number of hydrogen-bond donors (Lipinski definition) is 1. The maximum absolute atomic E-state index is 13.4. The van der Waals surface area contributed by atoms with Gasteiger partial charge in [-0.05, 0) is 48.7 Å². The Morgan fingerprint density at radius 2 is 1.82 bits per heavy atom. The zero-order valence-electron chi connectivity index (χ0n) is 21.9. The van der Waals surface area contributed by atoms with Crippen LogP contribution in [0, 0.1) is 0 Å². The fourth-order valence-corrected chi connectivity index (χ4v) is 5.63. The van der Waals surface area contributed by atoms with Crippen molar-refractivity contribution >= 4 is 51.7 Å². The average Bonchev–Trinajstić information content (AvgIpc) is 3.20. The molecule has 0 spiro atoms. The van der Waals surface area contributed by atoms with Crippen molar-refractivity contribution < 1.29 is 9.53 Å². The van der Waals surface area contributed by atoms with Crippen LogP contribution in [0.4, 0.5) is 5.82 Å². The van der Waals surface area contributed by atoms with Crippen LogP contribution in [-0.4, -0.2) is 44.7 Å². The molecular formula is C29H34N4O3S2. The second kappa shape index (κ2) is 13.6. The number of nitrogens with zero attached hydrogens (tertiary/aromatic N) is 3. The average molecular weight is 551 g/mol. The summed E-state index contributed by atoms with van der Waals surface area (Å²) < 4.78 is 7.21. The highest BCUT2D eigenvalue weighted by Crippen LogP contribution is 2.33. The molecule has 4 rings (SSSR count). The maximum atomic E-state index is 13.4. The highest BCUT2D eigenvalue weighted by Gasteiger charge is 2.32. The second-order valence-corrected chi connectivity index (χ2v) is 10.9. The summed E-state index contributed by atoms with van der Waals surface area (Å²) in [4.78, 5) is 33.5. The molecule has 1 fully saturated rings. The highest BCUT2D eigenvalue weighted by molar-refractivity contribution is 8.26. The van der Waals surface area contributed by atoms with Crippen molar-refractivity contribution in [1.29, 1.82) is 0 Å². The van der Waals surface area contributed by atoms with Crippen molar-refractivity contribution in [3.8, 4) is 5.75 Å². The van der Waals surface area contributed by atoms with E-state index < -0.39 is 0 Å². The van der Waals surface area contributed by atoms with E-state index in [0.29, 0.717) is 45.8 Å². The van der Waals surface area contributed by atoms with Gasteiger partial charge in [-0.1, -0.05) is 81.2 Å². The molecule has 0 atom stereocenters. The van der Waals surface area contributed by atoms with E-state index in [4.69, 9.17) is 21.9 Å². The smallest absolute Gasteiger partial charge is 0.267 e. The number of nitrogens with one attached hydrogen (secondary N) is 1. The zero-order chi connectivity index (χ0) is 26.9. The first-order chi connectivity index (χ1) is 18.5. The quantitative estimate of drug-likeness (QED) is 0.161. The number of fused-ring (bicyclic) bond motifs is 1. The Morgan fingerprint density at radius 3 is 2.58 bits per heavy atom. The number of thiocarbonyl (C=S) groups is 1. The molecule has 1 saturated heterocycles. The van der Waals surface area contributed by atoms with Gasteiger partial charge in [0.05, 0.1) is 17.6 Å². The molecule has 7 nitrogen and oxygen atoms in total. The van der Waals surface area contributed by atoms with E-state index in [0.717, 1.165) is 24.2 Å². The highest BCUT2D eigenvalue weighted by atomic mass is 32.2. The van der Waals surface area contributed by atoms with Crippen LogP contribution in [0.25, 0.3) is 11.7 Å². The molecule has 1 amide bonds. The van der Waals surface area contributed by atoms with Crippen LogP contribution in [0.3, 0.4) is 0 Å². The van der Waals surface area contributed by atoms with Crippen molar-refractivity contribution in [3.05, 3.63) is 75.0 Å². The van der Waals surface area contributed by atoms with Gasteiger partial charge in [-0.15, -0.1) is 0 Å². The molecule has 38 heavy (non-hydrogen) atoms. The summed E-state index contributed by atoms with van der Waals surface area (Å²) in [6.07, 6.45) is 11.1. The van der Waals surface area contributed by atoms with E-state index >= 15 is 0 Å². The molecule has 0 bridgehead atoms. The van der Waals surface area contributed by atoms with Gasteiger partial charge in [0.1, 0.15) is 21.5 Å². The first-order valence-corrected chi connectivity index (χ1v) is 14.4. The lowest BCUT2D eigenvalue weighted by atomic mass is 10.1. The number of carbonyl (C=O) groups excluding carboxylic acids is 1. The van der Waals surface area contributed by atoms with Gasteiger partial charge in [0, 0.05) is 19.3 Å². The number of pyridine rings is 1. The van der Waals surface area contributed by atoms with E-state index in [-0.39, 0.29) is 11.5 Å². The summed E-state index contributed by atoms with van der Waals surface area (Å²) in [5.41, 5.74) is 1.80. The summed E-state index contributed by atoms with van der Waals surface area (Å²) in [6, 6.07) is 13.2. The number of anilines is 1. The van der Waals surface area contributed by atoms with Crippen LogP contribution in [0.2, 0.25) is 0 Å². The fourth-order valence-electron chi connectivity index (χ4n) is 4.34. The third-order valence-electron chi connectivity index (χ3n) is 6.52. The van der Waals surface area contributed by atoms with Gasteiger partial charge in [-0.3, -0.25) is 18.9 Å². The molecular weight excluding hydrogens is 516 g/mol. The molecule has 3 heterocycles. The van der Waals surface area contributed by atoms with Gasteiger partial charge in [-0.25, -0.2) is 4.98 Å². The van der Waals surface area contributed by atoms with Crippen LogP contribution in [0.15, 0.2) is 58.4 Å². The summed E-state index contributed by atoms with van der Waals surface area (Å²) in [5, 5.41) is 3.36. The van der Waals surface area contributed by atoms with Gasteiger partial charge in [0.15, 0.2) is 0 Å². The van der Waals surface area contributed by atoms with Gasteiger partial charge < -0.3 is 10.1 Å². The molecule has 0 radical (unpaired) electrons. The first-order valence-electron chi connectivity index (χ1n) is 13.2. The predicted molar refractivity (Wildman–Crippen MR) is 160 cm³/mol. The van der Waals surface area contributed by atoms with Crippen molar-refractivity contribution in [1.82, 2.24) is 14.3 Å². The number of thioether (sulfide) groups is 1. The van der Waals surface area contributed by atoms with Gasteiger partial charge in [0.25, 0.3) is 11.5 Å². The van der Waals surface area contributed by atoms with E-state index in [1.54, 1.807) is 36.4 Å². The lowest BCUT2D eigenvalue weighted by molar-refractivity contribution is -0.122. The molecule has 0 aliphatic carbocycles. The molecule has 0 saturated carbocycles. The Bertz CT molecular complexity index is 1370. The number of hydrogen-bond acceptors (Lipinski definition) is 7. The van der Waals surface area contributed by atoms with Gasteiger partial charge >= 0.3 is 0 Å². The molecule has 9 heteroatoms. The Kier molecular flexibility index (Phi) is 9.95. The molecule has 1 N–H and O–H groups in total. The van der Waals surface area contributed by atoms with Crippen molar-refractivity contribution in [2.75, 3.05) is 25.5 Å². The topological polar surface area (TPSA) is 75.9 Å². The van der Waals surface area contributed by atoms with Crippen LogP contribution >= 0.6 is 24.0 Å². The van der Waals surface area contributed by atoms with E-state index in [2.05, 4.69) is 12.2 Å². The van der Waals surface area contributed by atoms with E-state index in [1.807, 2.05) is 30.3 Å². The largest absolute Gasteiger partial charge is 0.497 e. The Balaban J connectivity index is 1.51. The van der Waals surface area contributed by atoms with Crippen molar-refractivity contribution in [2.45, 2.75) is 51.9 Å². The number of benzene rings is 1. The number of ether oxygens (including phenoxy) is 1. The summed E-state index contributed by atoms with van der Waals surface area (Å²) >= 11 is 6.76. The van der Waals surface area contributed by atoms with Crippen molar-refractivity contribution in [2.24, 2.45) is 0 Å². The lowest BCUT2D eigenvalue weighted by Gasteiger charge is -2.14. The zero-order valence-corrected chi connectivity index (χ0v) is 23.6. The molecule has 1 aromatic carbocycles. The van der Waals surface area contributed by atoms with Crippen LogP contribution < -0.4 is 15.6 Å².